The Hall–Kier alpha value is -1.22. The van der Waals surface area contributed by atoms with E-state index in [1.54, 1.807) is 18.2 Å². The van der Waals surface area contributed by atoms with E-state index in [1.165, 1.54) is 0 Å². The predicted molar refractivity (Wildman–Crippen MR) is 68.6 cm³/mol. The van der Waals surface area contributed by atoms with Gasteiger partial charge in [-0.3, -0.25) is 4.79 Å². The van der Waals surface area contributed by atoms with Crippen LogP contribution in [-0.4, -0.2) is 5.91 Å². The van der Waals surface area contributed by atoms with Gasteiger partial charge >= 0.3 is 0 Å². The molecule has 0 heterocycles. The molecule has 0 aliphatic rings. The maximum Gasteiger partial charge on any atom is 0.224 e. The predicted octanol–water partition coefficient (Wildman–Crippen LogP) is 3.30. The summed E-state index contributed by atoms with van der Waals surface area (Å²) in [6.45, 7) is 4.12. The molecule has 1 rings (SSSR count). The summed E-state index contributed by atoms with van der Waals surface area (Å²) in [6, 6.07) is 5.08. The molecule has 1 aromatic rings. The summed E-state index contributed by atoms with van der Waals surface area (Å²) in [7, 11) is 0. The molecule has 0 saturated carbocycles. The van der Waals surface area contributed by atoms with Crippen LogP contribution in [-0.2, 0) is 4.79 Å². The second-order valence-electron chi connectivity index (χ2n) is 4.00. The molecule has 0 aliphatic carbocycles. The van der Waals surface area contributed by atoms with E-state index in [0.717, 1.165) is 6.42 Å². The highest BCUT2D eigenvalue weighted by atomic mass is 35.5. The van der Waals surface area contributed by atoms with E-state index in [0.29, 0.717) is 28.7 Å². The minimum atomic E-state index is 0.0103. The van der Waals surface area contributed by atoms with Gasteiger partial charge < -0.3 is 11.1 Å². The van der Waals surface area contributed by atoms with E-state index in [1.807, 2.05) is 0 Å². The zero-order valence-electron chi connectivity index (χ0n) is 9.59. The minimum absolute atomic E-state index is 0.0103. The summed E-state index contributed by atoms with van der Waals surface area (Å²) in [4.78, 5) is 11.6. The van der Waals surface area contributed by atoms with Gasteiger partial charge in [0.05, 0.1) is 10.7 Å². The fourth-order valence-corrected chi connectivity index (χ4v) is 1.41. The number of halogens is 1. The number of nitrogens with two attached hydrogens (primary N) is 1. The molecule has 1 atom stereocenters. The first-order chi connectivity index (χ1) is 7.52. The van der Waals surface area contributed by atoms with Crippen molar-refractivity contribution in [2.45, 2.75) is 26.7 Å². The Labute approximate surface area is 101 Å². The van der Waals surface area contributed by atoms with Crippen molar-refractivity contribution in [1.82, 2.24) is 0 Å². The van der Waals surface area contributed by atoms with Crippen LogP contribution in [0, 0.1) is 5.92 Å². The third-order valence-corrected chi connectivity index (χ3v) is 2.85. The summed E-state index contributed by atoms with van der Waals surface area (Å²) >= 11 is 5.79. The lowest BCUT2D eigenvalue weighted by Crippen LogP contribution is -2.14. The normalized spacial score (nSPS) is 12.2. The third kappa shape index (κ3) is 3.74. The van der Waals surface area contributed by atoms with E-state index in [9.17, 15) is 4.79 Å². The van der Waals surface area contributed by atoms with E-state index in [2.05, 4.69) is 19.2 Å². The average Bonchev–Trinajstić information content (AvgIpc) is 2.23. The van der Waals surface area contributed by atoms with Crippen molar-refractivity contribution >= 4 is 28.9 Å². The molecule has 0 spiro atoms. The molecule has 0 aliphatic heterocycles. The molecular weight excluding hydrogens is 224 g/mol. The van der Waals surface area contributed by atoms with Gasteiger partial charge in [-0.15, -0.1) is 0 Å². The number of carbonyl (C=O) groups excluding carboxylic acids is 1. The molecular formula is C12H17ClN2O. The molecule has 0 radical (unpaired) electrons. The average molecular weight is 241 g/mol. The Morgan fingerprint density at radius 3 is 2.81 bits per heavy atom. The van der Waals surface area contributed by atoms with Gasteiger partial charge in [0.25, 0.3) is 0 Å². The van der Waals surface area contributed by atoms with Crippen LogP contribution in [0.25, 0.3) is 0 Å². The standard InChI is InChI=1S/C12H17ClN2O/c1-3-8(2)6-12(16)15-9-4-5-10(13)11(14)7-9/h4-5,7-8H,3,6,14H2,1-2H3,(H,15,16). The van der Waals surface area contributed by atoms with E-state index < -0.39 is 0 Å². The van der Waals surface area contributed by atoms with Crippen molar-refractivity contribution in [2.24, 2.45) is 5.92 Å². The number of hydrogen-bond donors (Lipinski definition) is 2. The van der Waals surface area contributed by atoms with Crippen LogP contribution in [0.1, 0.15) is 26.7 Å². The molecule has 0 saturated heterocycles. The van der Waals surface area contributed by atoms with Gasteiger partial charge in [-0.25, -0.2) is 0 Å². The Balaban J connectivity index is 2.59. The molecule has 0 fully saturated rings. The highest BCUT2D eigenvalue weighted by molar-refractivity contribution is 6.33. The number of rotatable bonds is 4. The van der Waals surface area contributed by atoms with Gasteiger partial charge in [-0.2, -0.15) is 0 Å². The summed E-state index contributed by atoms with van der Waals surface area (Å²) in [5.41, 5.74) is 6.81. The van der Waals surface area contributed by atoms with Crippen LogP contribution < -0.4 is 11.1 Å². The Morgan fingerprint density at radius 1 is 1.56 bits per heavy atom. The number of nitrogens with one attached hydrogen (secondary N) is 1. The largest absolute Gasteiger partial charge is 0.397 e. The second kappa shape index (κ2) is 5.75. The Bertz CT molecular complexity index is 379. The van der Waals surface area contributed by atoms with Crippen molar-refractivity contribution in [1.29, 1.82) is 0 Å². The number of hydrogen-bond acceptors (Lipinski definition) is 2. The monoisotopic (exact) mass is 240 g/mol. The van der Waals surface area contributed by atoms with Crippen LogP contribution in [0.15, 0.2) is 18.2 Å². The number of benzene rings is 1. The Morgan fingerprint density at radius 2 is 2.25 bits per heavy atom. The van der Waals surface area contributed by atoms with Crippen LogP contribution in [0.4, 0.5) is 11.4 Å². The van der Waals surface area contributed by atoms with E-state index in [-0.39, 0.29) is 5.91 Å². The Kier molecular flexibility index (Phi) is 4.62. The van der Waals surface area contributed by atoms with E-state index in [4.69, 9.17) is 17.3 Å². The topological polar surface area (TPSA) is 55.1 Å². The molecule has 1 aromatic carbocycles. The SMILES string of the molecule is CCC(C)CC(=O)Nc1ccc(Cl)c(N)c1. The quantitative estimate of drug-likeness (QED) is 0.794. The van der Waals surface area contributed by atoms with E-state index >= 15 is 0 Å². The lowest BCUT2D eigenvalue weighted by molar-refractivity contribution is -0.117. The van der Waals surface area contributed by atoms with Crippen LogP contribution in [0.5, 0.6) is 0 Å². The van der Waals surface area contributed by atoms with Gasteiger partial charge in [0.1, 0.15) is 0 Å². The molecule has 3 nitrogen and oxygen atoms in total. The van der Waals surface area contributed by atoms with Gasteiger partial charge in [-0.05, 0) is 24.1 Å². The summed E-state index contributed by atoms with van der Waals surface area (Å²) in [5.74, 6) is 0.403. The van der Waals surface area contributed by atoms with Crippen LogP contribution in [0.2, 0.25) is 5.02 Å². The minimum Gasteiger partial charge on any atom is -0.397 e. The smallest absolute Gasteiger partial charge is 0.224 e. The van der Waals surface area contributed by atoms with Gasteiger partial charge in [-0.1, -0.05) is 31.9 Å². The first-order valence-corrected chi connectivity index (χ1v) is 5.75. The first-order valence-electron chi connectivity index (χ1n) is 5.37. The summed E-state index contributed by atoms with van der Waals surface area (Å²) < 4.78 is 0. The number of amides is 1. The van der Waals surface area contributed by atoms with Crippen LogP contribution in [0.3, 0.4) is 0 Å². The number of nitrogen functional groups attached to an aromatic ring is 1. The van der Waals surface area contributed by atoms with Gasteiger partial charge in [0.15, 0.2) is 0 Å². The molecule has 0 aromatic heterocycles. The van der Waals surface area contributed by atoms with Crippen molar-refractivity contribution in [3.05, 3.63) is 23.2 Å². The van der Waals surface area contributed by atoms with Crippen molar-refractivity contribution in [2.75, 3.05) is 11.1 Å². The van der Waals surface area contributed by atoms with Crippen molar-refractivity contribution in [3.63, 3.8) is 0 Å². The maximum absolute atomic E-state index is 11.6. The molecule has 1 unspecified atom stereocenters. The molecule has 3 N–H and O–H groups in total. The lowest BCUT2D eigenvalue weighted by atomic mass is 10.1. The molecule has 16 heavy (non-hydrogen) atoms. The molecule has 1 amide bonds. The van der Waals surface area contributed by atoms with Crippen molar-refractivity contribution in [3.8, 4) is 0 Å². The lowest BCUT2D eigenvalue weighted by Gasteiger charge is -2.10. The summed E-state index contributed by atoms with van der Waals surface area (Å²) in [6.07, 6.45) is 1.52. The van der Waals surface area contributed by atoms with Gasteiger partial charge in [0.2, 0.25) is 5.91 Å². The third-order valence-electron chi connectivity index (χ3n) is 2.51. The second-order valence-corrected chi connectivity index (χ2v) is 4.41. The fraction of sp³-hybridized carbons (Fsp3) is 0.417. The summed E-state index contributed by atoms with van der Waals surface area (Å²) in [5, 5.41) is 3.30. The molecule has 0 bridgehead atoms. The zero-order chi connectivity index (χ0) is 12.1. The molecule has 88 valence electrons. The van der Waals surface area contributed by atoms with Crippen molar-refractivity contribution < 1.29 is 4.79 Å². The highest BCUT2D eigenvalue weighted by Gasteiger charge is 2.08. The molecule has 4 heteroatoms. The number of carbonyl (C=O) groups is 1. The van der Waals surface area contributed by atoms with Gasteiger partial charge in [0, 0.05) is 12.1 Å². The fourth-order valence-electron chi connectivity index (χ4n) is 1.29. The maximum atomic E-state index is 11.6. The first kappa shape index (κ1) is 12.8. The zero-order valence-corrected chi connectivity index (χ0v) is 10.3. The number of anilines is 2. The highest BCUT2D eigenvalue weighted by Crippen LogP contribution is 2.22. The van der Waals surface area contributed by atoms with Crippen LogP contribution >= 0.6 is 11.6 Å².